The van der Waals surface area contributed by atoms with Crippen molar-refractivity contribution in [3.63, 3.8) is 0 Å². The minimum Gasteiger partial charge on any atom is -0.506 e. The van der Waals surface area contributed by atoms with Crippen molar-refractivity contribution in [2.24, 2.45) is 0 Å². The molecule has 1 aromatic carbocycles. The molecule has 6 nitrogen and oxygen atoms in total. The van der Waals surface area contributed by atoms with Gasteiger partial charge in [0.25, 0.3) is 0 Å². The third-order valence-electron chi connectivity index (χ3n) is 5.39. The first-order chi connectivity index (χ1) is 13.2. The topological polar surface area (TPSA) is 56.2 Å². The molecule has 1 aromatic rings. The first-order valence-corrected chi connectivity index (χ1v) is 9.92. The summed E-state index contributed by atoms with van der Waals surface area (Å²) >= 11 is 0. The average Bonchev–Trinajstić information content (AvgIpc) is 2.70. The van der Waals surface area contributed by atoms with E-state index in [0.717, 1.165) is 56.8 Å². The fraction of sp³-hybridized carbons (Fsp3) is 0.571. The van der Waals surface area contributed by atoms with Crippen LogP contribution in [0.2, 0.25) is 0 Å². The number of rotatable bonds is 7. The van der Waals surface area contributed by atoms with Crippen LogP contribution in [0.15, 0.2) is 36.0 Å². The molecule has 0 unspecified atom stereocenters. The number of allylic oxidation sites excluding steroid dienone is 2. The lowest BCUT2D eigenvalue weighted by Crippen LogP contribution is -2.50. The molecule has 1 amide bonds. The summed E-state index contributed by atoms with van der Waals surface area (Å²) < 4.78 is 5.21. The Balaban J connectivity index is 1.55. The van der Waals surface area contributed by atoms with Gasteiger partial charge in [0.1, 0.15) is 5.75 Å². The fourth-order valence-electron chi connectivity index (χ4n) is 3.83. The zero-order valence-corrected chi connectivity index (χ0v) is 16.3. The van der Waals surface area contributed by atoms with Crippen molar-refractivity contribution >= 4 is 11.6 Å². The van der Waals surface area contributed by atoms with Crippen molar-refractivity contribution < 1.29 is 14.6 Å². The highest BCUT2D eigenvalue weighted by Gasteiger charge is 2.24. The molecule has 1 aliphatic carbocycles. The molecule has 27 heavy (non-hydrogen) atoms. The lowest BCUT2D eigenvalue weighted by Gasteiger charge is -2.37. The largest absolute Gasteiger partial charge is 0.506 e. The second kappa shape index (κ2) is 9.76. The van der Waals surface area contributed by atoms with Crippen LogP contribution in [-0.4, -0.2) is 73.8 Å². The first-order valence-electron chi connectivity index (χ1n) is 9.92. The van der Waals surface area contributed by atoms with Crippen LogP contribution >= 0.6 is 0 Å². The van der Waals surface area contributed by atoms with Crippen LogP contribution in [0, 0.1) is 0 Å². The number of ether oxygens (including phenoxy) is 1. The number of phenolic OH excluding ortho intramolecular Hbond substituents is 1. The highest BCUT2D eigenvalue weighted by molar-refractivity contribution is 5.80. The van der Waals surface area contributed by atoms with Crippen LogP contribution < -0.4 is 4.90 Å². The van der Waals surface area contributed by atoms with Crippen LogP contribution in [-0.2, 0) is 9.53 Å². The molecule has 0 atom stereocenters. The van der Waals surface area contributed by atoms with Crippen LogP contribution in [0.25, 0.3) is 0 Å². The molecular weight excluding hydrogens is 342 g/mol. The van der Waals surface area contributed by atoms with E-state index >= 15 is 0 Å². The van der Waals surface area contributed by atoms with Crippen molar-refractivity contribution in [3.8, 4) is 5.75 Å². The van der Waals surface area contributed by atoms with Gasteiger partial charge >= 0.3 is 0 Å². The Morgan fingerprint density at radius 2 is 1.96 bits per heavy atom. The summed E-state index contributed by atoms with van der Waals surface area (Å²) in [6.07, 6.45) is 6.63. The maximum Gasteiger partial charge on any atom is 0.240 e. The molecule has 0 radical (unpaired) electrons. The molecule has 6 heteroatoms. The standard InChI is InChI=1S/C21H31N3O3/c1-27-16-15-24(18-7-3-2-4-8-18)21(26)17-22-11-13-23(14-12-22)19-9-5-6-10-20(19)25/h5-7,9-10,25H,2-4,8,11-17H2,1H3. The third kappa shape index (κ3) is 5.23. The lowest BCUT2D eigenvalue weighted by atomic mass is 10.0. The number of hydrogen-bond donors (Lipinski definition) is 1. The van der Waals surface area contributed by atoms with E-state index in [4.69, 9.17) is 4.74 Å². The van der Waals surface area contributed by atoms with Crippen LogP contribution in [0.5, 0.6) is 5.75 Å². The Morgan fingerprint density at radius 3 is 2.63 bits per heavy atom. The summed E-state index contributed by atoms with van der Waals surface area (Å²) in [5.41, 5.74) is 2.04. The molecule has 1 N–H and O–H groups in total. The smallest absolute Gasteiger partial charge is 0.240 e. The highest BCUT2D eigenvalue weighted by atomic mass is 16.5. The van der Waals surface area contributed by atoms with Gasteiger partial charge in [-0.05, 0) is 37.8 Å². The minimum absolute atomic E-state index is 0.163. The molecule has 1 aliphatic heterocycles. The number of aromatic hydroxyl groups is 1. The summed E-state index contributed by atoms with van der Waals surface area (Å²) in [6.45, 7) is 4.88. The van der Waals surface area contributed by atoms with Crippen LogP contribution in [0.3, 0.4) is 0 Å². The molecule has 0 aromatic heterocycles. The number of benzene rings is 1. The summed E-state index contributed by atoms with van der Waals surface area (Å²) in [4.78, 5) is 19.3. The summed E-state index contributed by atoms with van der Waals surface area (Å²) in [5.74, 6) is 0.480. The maximum atomic E-state index is 13.0. The average molecular weight is 373 g/mol. The van der Waals surface area contributed by atoms with E-state index in [1.54, 1.807) is 13.2 Å². The quantitative estimate of drug-likeness (QED) is 0.796. The number of phenols is 1. The normalized spacial score (nSPS) is 18.3. The zero-order chi connectivity index (χ0) is 19.1. The van der Waals surface area contributed by atoms with Gasteiger partial charge in [0.15, 0.2) is 0 Å². The Labute approximate surface area is 162 Å². The number of piperazine rings is 1. The molecule has 3 rings (SSSR count). The van der Waals surface area contributed by atoms with Gasteiger partial charge < -0.3 is 19.6 Å². The third-order valence-corrected chi connectivity index (χ3v) is 5.39. The summed E-state index contributed by atoms with van der Waals surface area (Å²) in [6, 6.07) is 7.44. The molecular formula is C21H31N3O3. The van der Waals surface area contributed by atoms with Crippen LogP contribution in [0.4, 0.5) is 5.69 Å². The van der Waals surface area contributed by atoms with E-state index in [1.807, 2.05) is 23.1 Å². The number of anilines is 1. The number of carbonyl (C=O) groups is 1. The number of para-hydroxylation sites is 2. The number of hydrogen-bond acceptors (Lipinski definition) is 5. The summed E-state index contributed by atoms with van der Waals surface area (Å²) in [5, 5.41) is 10.0. The first kappa shape index (κ1) is 19.7. The van der Waals surface area contributed by atoms with E-state index < -0.39 is 0 Å². The van der Waals surface area contributed by atoms with E-state index in [2.05, 4.69) is 15.9 Å². The predicted molar refractivity (Wildman–Crippen MR) is 107 cm³/mol. The Kier molecular flexibility index (Phi) is 7.12. The Hall–Kier alpha value is -2.05. The number of methoxy groups -OCH3 is 1. The number of carbonyl (C=O) groups excluding carboxylic acids is 1. The SMILES string of the molecule is COCCN(C(=O)CN1CCN(c2ccccc2O)CC1)C1=CCCCC1. The van der Waals surface area contributed by atoms with Crippen molar-refractivity contribution in [1.82, 2.24) is 9.80 Å². The molecule has 2 aliphatic rings. The maximum absolute atomic E-state index is 13.0. The van der Waals surface area contributed by atoms with Crippen molar-refractivity contribution in [2.45, 2.75) is 25.7 Å². The van der Waals surface area contributed by atoms with E-state index in [0.29, 0.717) is 25.4 Å². The Morgan fingerprint density at radius 1 is 1.19 bits per heavy atom. The minimum atomic E-state index is 0.163. The predicted octanol–water partition coefficient (Wildman–Crippen LogP) is 2.45. The van der Waals surface area contributed by atoms with Gasteiger partial charge in [-0.15, -0.1) is 0 Å². The Bertz CT molecular complexity index is 654. The van der Waals surface area contributed by atoms with Gasteiger partial charge in [0.2, 0.25) is 5.91 Å². The molecule has 0 bridgehead atoms. The van der Waals surface area contributed by atoms with Crippen molar-refractivity contribution in [2.75, 3.05) is 57.9 Å². The molecule has 0 saturated carbocycles. The molecule has 148 valence electrons. The van der Waals surface area contributed by atoms with Gasteiger partial charge in [-0.25, -0.2) is 0 Å². The number of nitrogens with zero attached hydrogens (tertiary/aromatic N) is 3. The molecule has 1 fully saturated rings. The second-order valence-corrected chi connectivity index (χ2v) is 7.23. The van der Waals surface area contributed by atoms with Gasteiger partial charge in [-0.1, -0.05) is 18.2 Å². The van der Waals surface area contributed by atoms with Crippen molar-refractivity contribution in [1.29, 1.82) is 0 Å². The molecule has 1 saturated heterocycles. The van der Waals surface area contributed by atoms with Crippen molar-refractivity contribution in [3.05, 3.63) is 36.0 Å². The monoisotopic (exact) mass is 373 g/mol. The second-order valence-electron chi connectivity index (χ2n) is 7.23. The number of amides is 1. The van der Waals surface area contributed by atoms with E-state index in [9.17, 15) is 9.90 Å². The highest BCUT2D eigenvalue weighted by Crippen LogP contribution is 2.27. The lowest BCUT2D eigenvalue weighted by molar-refractivity contribution is -0.131. The van der Waals surface area contributed by atoms with Gasteiger partial charge in [-0.2, -0.15) is 0 Å². The van der Waals surface area contributed by atoms with Crippen LogP contribution in [0.1, 0.15) is 25.7 Å². The molecule has 0 spiro atoms. The molecule has 1 heterocycles. The van der Waals surface area contributed by atoms with Gasteiger partial charge in [0.05, 0.1) is 18.8 Å². The zero-order valence-electron chi connectivity index (χ0n) is 16.3. The van der Waals surface area contributed by atoms with Gasteiger partial charge in [-0.3, -0.25) is 9.69 Å². The fourth-order valence-corrected chi connectivity index (χ4v) is 3.83. The van der Waals surface area contributed by atoms with E-state index in [1.165, 1.54) is 6.42 Å². The summed E-state index contributed by atoms with van der Waals surface area (Å²) in [7, 11) is 1.68. The van der Waals surface area contributed by atoms with E-state index in [-0.39, 0.29) is 5.91 Å². The van der Waals surface area contributed by atoms with Gasteiger partial charge in [0, 0.05) is 45.5 Å².